The molecule has 1 heterocycles. The molecule has 0 radical (unpaired) electrons. The Hall–Kier alpha value is -0.280. The van der Waals surface area contributed by atoms with Crippen LogP contribution in [0.3, 0.4) is 0 Å². The largest absolute Gasteiger partial charge is 0.369 e. The van der Waals surface area contributed by atoms with Crippen LogP contribution in [-0.4, -0.2) is 18.7 Å². The Morgan fingerprint density at radius 2 is 2.00 bits per heavy atom. The summed E-state index contributed by atoms with van der Waals surface area (Å²) in [6, 6.07) is 6.17. The summed E-state index contributed by atoms with van der Waals surface area (Å²) in [5, 5.41) is 4.62. The van der Waals surface area contributed by atoms with Crippen molar-refractivity contribution in [1.29, 1.82) is 0 Å². The van der Waals surface area contributed by atoms with Crippen molar-refractivity contribution in [3.8, 4) is 0 Å². The summed E-state index contributed by atoms with van der Waals surface area (Å²) >= 11 is 11.9. The lowest BCUT2D eigenvalue weighted by molar-refractivity contribution is 0.00719. The Labute approximate surface area is 112 Å². The lowest BCUT2D eigenvalue weighted by Gasteiger charge is -2.19. The summed E-state index contributed by atoms with van der Waals surface area (Å²) in [4.78, 5) is 0. The summed E-state index contributed by atoms with van der Waals surface area (Å²) < 4.78 is 6.00. The van der Waals surface area contributed by atoms with Crippen LogP contribution < -0.4 is 5.32 Å². The number of hydrogen-bond acceptors (Lipinski definition) is 2. The highest BCUT2D eigenvalue weighted by Crippen LogP contribution is 2.29. The van der Waals surface area contributed by atoms with Crippen molar-refractivity contribution in [1.82, 2.24) is 5.32 Å². The first-order valence-corrected chi connectivity index (χ1v) is 6.65. The fourth-order valence-corrected chi connectivity index (χ4v) is 2.49. The average Bonchev–Trinajstić information content (AvgIpc) is 2.43. The van der Waals surface area contributed by atoms with Crippen LogP contribution in [0.2, 0.25) is 10.0 Å². The molecule has 3 unspecified atom stereocenters. The molecule has 1 fully saturated rings. The second kappa shape index (κ2) is 5.57. The summed E-state index contributed by atoms with van der Waals surface area (Å²) in [7, 11) is 0. The fraction of sp³-hybridized carbons (Fsp3) is 0.538. The van der Waals surface area contributed by atoms with Gasteiger partial charge in [0.1, 0.15) is 0 Å². The molecule has 94 valence electrons. The molecule has 2 nitrogen and oxygen atoms in total. The number of ether oxygens (including phenoxy) is 1. The topological polar surface area (TPSA) is 21.3 Å². The second-order valence-corrected chi connectivity index (χ2v) is 5.47. The maximum atomic E-state index is 6.03. The monoisotopic (exact) mass is 273 g/mol. The zero-order valence-electron chi connectivity index (χ0n) is 10.0. The van der Waals surface area contributed by atoms with E-state index in [0.717, 1.165) is 18.5 Å². The van der Waals surface area contributed by atoms with Crippen molar-refractivity contribution in [2.24, 2.45) is 0 Å². The summed E-state index contributed by atoms with van der Waals surface area (Å²) in [6.45, 7) is 5.09. The van der Waals surface area contributed by atoms with Gasteiger partial charge in [-0.05, 0) is 38.0 Å². The molecule has 1 aromatic rings. The van der Waals surface area contributed by atoms with Gasteiger partial charge in [0.05, 0.1) is 22.3 Å². The van der Waals surface area contributed by atoms with Gasteiger partial charge in [-0.1, -0.05) is 29.3 Å². The van der Waals surface area contributed by atoms with Crippen LogP contribution in [0, 0.1) is 0 Å². The third-order valence-corrected chi connectivity index (χ3v) is 3.79. The Bertz CT molecular complexity index is 397. The molecule has 4 heteroatoms. The van der Waals surface area contributed by atoms with E-state index in [4.69, 9.17) is 27.9 Å². The van der Waals surface area contributed by atoms with Gasteiger partial charge in [-0.2, -0.15) is 0 Å². The van der Waals surface area contributed by atoms with E-state index in [2.05, 4.69) is 19.2 Å². The van der Waals surface area contributed by atoms with Crippen molar-refractivity contribution in [2.75, 3.05) is 6.54 Å². The normalized spacial score (nSPS) is 30.0. The van der Waals surface area contributed by atoms with E-state index >= 15 is 0 Å². The van der Waals surface area contributed by atoms with Gasteiger partial charge < -0.3 is 10.1 Å². The molecular weight excluding hydrogens is 257 g/mol. The highest BCUT2D eigenvalue weighted by Gasteiger charge is 2.22. The van der Waals surface area contributed by atoms with Crippen LogP contribution in [0.15, 0.2) is 18.2 Å². The van der Waals surface area contributed by atoms with E-state index in [0.29, 0.717) is 16.1 Å². The molecule has 0 saturated carbocycles. The van der Waals surface area contributed by atoms with Crippen LogP contribution in [0.25, 0.3) is 0 Å². The Morgan fingerprint density at radius 1 is 1.24 bits per heavy atom. The van der Waals surface area contributed by atoms with Gasteiger partial charge in [0, 0.05) is 12.6 Å². The molecule has 0 spiro atoms. The summed E-state index contributed by atoms with van der Waals surface area (Å²) in [5.41, 5.74) is 1.08. The number of benzene rings is 1. The molecule has 0 aliphatic carbocycles. The Kier molecular flexibility index (Phi) is 4.31. The molecule has 17 heavy (non-hydrogen) atoms. The summed E-state index contributed by atoms with van der Waals surface area (Å²) in [5.74, 6) is 0. The van der Waals surface area contributed by atoms with Gasteiger partial charge >= 0.3 is 0 Å². The molecule has 0 amide bonds. The van der Waals surface area contributed by atoms with Crippen LogP contribution in [-0.2, 0) is 4.74 Å². The third kappa shape index (κ3) is 3.35. The fourth-order valence-electron chi connectivity index (χ4n) is 2.18. The maximum absolute atomic E-state index is 6.03. The Morgan fingerprint density at radius 3 is 2.71 bits per heavy atom. The number of nitrogens with one attached hydrogen (secondary N) is 1. The quantitative estimate of drug-likeness (QED) is 0.840. The van der Waals surface area contributed by atoms with Crippen LogP contribution in [0.5, 0.6) is 0 Å². The highest BCUT2D eigenvalue weighted by atomic mass is 35.5. The summed E-state index contributed by atoms with van der Waals surface area (Å²) in [6.07, 6.45) is 1.32. The molecule has 1 aliphatic heterocycles. The van der Waals surface area contributed by atoms with Crippen molar-refractivity contribution in [3.05, 3.63) is 33.8 Å². The predicted octanol–water partition coefficient (Wildman–Crippen LogP) is 3.82. The molecule has 1 N–H and O–H groups in total. The average molecular weight is 274 g/mol. The van der Waals surface area contributed by atoms with Crippen molar-refractivity contribution in [3.63, 3.8) is 0 Å². The molecular formula is C13H17Cl2NO. The molecule has 1 saturated heterocycles. The van der Waals surface area contributed by atoms with E-state index in [1.165, 1.54) is 0 Å². The first kappa shape index (κ1) is 13.2. The molecule has 1 aliphatic rings. The highest BCUT2D eigenvalue weighted by molar-refractivity contribution is 6.42. The van der Waals surface area contributed by atoms with Crippen molar-refractivity contribution < 1.29 is 4.74 Å². The van der Waals surface area contributed by atoms with Crippen LogP contribution in [0.1, 0.15) is 31.9 Å². The lowest BCUT2D eigenvalue weighted by atomic mass is 10.1. The van der Waals surface area contributed by atoms with E-state index in [9.17, 15) is 0 Å². The number of rotatable bonds is 1. The molecule has 1 aromatic carbocycles. The first-order valence-electron chi connectivity index (χ1n) is 5.90. The minimum Gasteiger partial charge on any atom is -0.369 e. The van der Waals surface area contributed by atoms with Gasteiger partial charge in [-0.25, -0.2) is 0 Å². The van der Waals surface area contributed by atoms with Gasteiger partial charge in [-0.3, -0.25) is 0 Å². The second-order valence-electron chi connectivity index (χ2n) is 4.65. The zero-order valence-corrected chi connectivity index (χ0v) is 11.6. The van der Waals surface area contributed by atoms with Gasteiger partial charge in [-0.15, -0.1) is 0 Å². The van der Waals surface area contributed by atoms with E-state index in [1.54, 1.807) is 0 Å². The zero-order chi connectivity index (χ0) is 12.4. The van der Waals surface area contributed by atoms with Gasteiger partial charge in [0.25, 0.3) is 0 Å². The molecule has 2 rings (SSSR count). The minimum absolute atomic E-state index is 0.0460. The van der Waals surface area contributed by atoms with E-state index < -0.39 is 0 Å². The third-order valence-electron chi connectivity index (χ3n) is 3.05. The number of hydrogen-bond donors (Lipinski definition) is 1. The molecule has 3 atom stereocenters. The molecule has 0 aromatic heterocycles. The predicted molar refractivity (Wildman–Crippen MR) is 71.8 cm³/mol. The van der Waals surface area contributed by atoms with E-state index in [1.807, 2.05) is 18.2 Å². The van der Waals surface area contributed by atoms with Gasteiger partial charge in [0.15, 0.2) is 0 Å². The standard InChI is InChI=1S/C13H17Cl2NO/c1-8-5-9(2)17-13(7-16-8)10-3-4-11(14)12(15)6-10/h3-4,6,8-9,13,16H,5,7H2,1-2H3. The smallest absolute Gasteiger partial charge is 0.0953 e. The minimum atomic E-state index is 0.0460. The first-order chi connectivity index (χ1) is 8.06. The van der Waals surface area contributed by atoms with Gasteiger partial charge in [0.2, 0.25) is 0 Å². The van der Waals surface area contributed by atoms with Crippen molar-refractivity contribution in [2.45, 2.75) is 38.5 Å². The van der Waals surface area contributed by atoms with Crippen LogP contribution >= 0.6 is 23.2 Å². The molecule has 0 bridgehead atoms. The lowest BCUT2D eigenvalue weighted by Crippen LogP contribution is -2.27. The van der Waals surface area contributed by atoms with E-state index in [-0.39, 0.29) is 12.2 Å². The maximum Gasteiger partial charge on any atom is 0.0953 e. The van der Waals surface area contributed by atoms with Crippen molar-refractivity contribution >= 4 is 23.2 Å². The number of halogens is 2. The Balaban J connectivity index is 2.17. The SMILES string of the molecule is CC1CC(C)OC(c2ccc(Cl)c(Cl)c2)CN1. The van der Waals surface area contributed by atoms with Crippen LogP contribution in [0.4, 0.5) is 0 Å².